The van der Waals surface area contributed by atoms with Gasteiger partial charge in [-0.05, 0) is 6.42 Å². The molecular formula is C11H10F13I. The van der Waals surface area contributed by atoms with Crippen LogP contribution >= 0.6 is 22.6 Å². The SMILES string of the molecule is CCCC(I)CC(F)(F)C(F)(F)C(F)(F)C(F)(F)C(F)(F)C(F)(F)F. The van der Waals surface area contributed by atoms with E-state index < -0.39 is 46.1 Å². The fourth-order valence-electron chi connectivity index (χ4n) is 1.62. The van der Waals surface area contributed by atoms with Crippen LogP contribution in [-0.4, -0.2) is 39.7 Å². The van der Waals surface area contributed by atoms with E-state index in [0.717, 1.165) is 22.6 Å². The second-order valence-electron chi connectivity index (χ2n) is 5.09. The summed E-state index contributed by atoms with van der Waals surface area (Å²) in [6.45, 7) is 1.38. The Morgan fingerprint density at radius 1 is 0.640 bits per heavy atom. The van der Waals surface area contributed by atoms with Crippen molar-refractivity contribution < 1.29 is 57.1 Å². The van der Waals surface area contributed by atoms with Crippen molar-refractivity contribution >= 4 is 22.6 Å². The van der Waals surface area contributed by atoms with Gasteiger partial charge < -0.3 is 0 Å². The van der Waals surface area contributed by atoms with Crippen molar-refractivity contribution in [3.05, 3.63) is 0 Å². The molecule has 0 nitrogen and oxygen atoms in total. The molecule has 0 aromatic rings. The zero-order valence-electron chi connectivity index (χ0n) is 12.0. The van der Waals surface area contributed by atoms with Crippen molar-refractivity contribution in [2.75, 3.05) is 0 Å². The van der Waals surface area contributed by atoms with E-state index in [1.807, 2.05) is 0 Å². The van der Waals surface area contributed by atoms with E-state index in [1.165, 1.54) is 6.92 Å². The molecule has 0 spiro atoms. The van der Waals surface area contributed by atoms with Crippen molar-refractivity contribution in [3.8, 4) is 0 Å². The first-order valence-corrected chi connectivity index (χ1v) is 7.55. The maximum Gasteiger partial charge on any atom is 0.460 e. The van der Waals surface area contributed by atoms with Gasteiger partial charge in [0.15, 0.2) is 0 Å². The molecule has 152 valence electrons. The van der Waals surface area contributed by atoms with Gasteiger partial charge in [-0.25, -0.2) is 0 Å². The second-order valence-corrected chi connectivity index (χ2v) is 6.85. The fraction of sp³-hybridized carbons (Fsp3) is 1.00. The molecule has 1 unspecified atom stereocenters. The summed E-state index contributed by atoms with van der Waals surface area (Å²) < 4.78 is 165. The van der Waals surface area contributed by atoms with Crippen LogP contribution in [-0.2, 0) is 0 Å². The fourth-order valence-corrected chi connectivity index (χ4v) is 2.80. The first-order valence-electron chi connectivity index (χ1n) is 6.30. The van der Waals surface area contributed by atoms with Crippen molar-refractivity contribution in [3.63, 3.8) is 0 Å². The summed E-state index contributed by atoms with van der Waals surface area (Å²) >= 11 is 1.11. The highest BCUT2D eigenvalue weighted by Crippen LogP contribution is 2.60. The normalized spacial score (nSPS) is 16.9. The molecule has 0 saturated heterocycles. The average molecular weight is 516 g/mol. The number of hydrogen-bond acceptors (Lipinski definition) is 0. The summed E-state index contributed by atoms with van der Waals surface area (Å²) in [5, 5.41) is 0. The lowest BCUT2D eigenvalue weighted by atomic mass is 9.91. The van der Waals surface area contributed by atoms with E-state index in [0.29, 0.717) is 0 Å². The highest BCUT2D eigenvalue weighted by molar-refractivity contribution is 14.1. The Balaban J connectivity index is 6.03. The van der Waals surface area contributed by atoms with Crippen molar-refractivity contribution in [1.29, 1.82) is 0 Å². The Morgan fingerprint density at radius 2 is 1.00 bits per heavy atom. The molecule has 14 heteroatoms. The van der Waals surface area contributed by atoms with Gasteiger partial charge in [0.1, 0.15) is 0 Å². The highest BCUT2D eigenvalue weighted by Gasteiger charge is 2.90. The third kappa shape index (κ3) is 4.06. The molecule has 0 N–H and O–H groups in total. The number of hydrogen-bond donors (Lipinski definition) is 0. The molecule has 0 aliphatic carbocycles. The van der Waals surface area contributed by atoms with Crippen molar-refractivity contribution in [1.82, 2.24) is 0 Å². The molecule has 0 aromatic heterocycles. The largest absolute Gasteiger partial charge is 0.460 e. The monoisotopic (exact) mass is 516 g/mol. The lowest BCUT2D eigenvalue weighted by Gasteiger charge is -2.40. The van der Waals surface area contributed by atoms with Gasteiger partial charge in [0, 0.05) is 10.3 Å². The zero-order chi connectivity index (χ0) is 20.7. The van der Waals surface area contributed by atoms with Crippen molar-refractivity contribution in [2.24, 2.45) is 0 Å². The molecule has 0 radical (unpaired) electrons. The highest BCUT2D eigenvalue weighted by atomic mass is 127. The predicted molar refractivity (Wildman–Crippen MR) is 68.1 cm³/mol. The molecule has 0 aromatic carbocycles. The van der Waals surface area contributed by atoms with E-state index in [2.05, 4.69) is 0 Å². The minimum Gasteiger partial charge on any atom is -0.200 e. The van der Waals surface area contributed by atoms with Gasteiger partial charge in [0.2, 0.25) is 0 Å². The number of rotatable bonds is 8. The summed E-state index contributed by atoms with van der Waals surface area (Å²) in [6, 6.07) is 0. The first kappa shape index (κ1) is 24.8. The maximum absolute atomic E-state index is 13.4. The Morgan fingerprint density at radius 3 is 1.32 bits per heavy atom. The minimum atomic E-state index is -7.82. The topological polar surface area (TPSA) is 0 Å². The summed E-state index contributed by atoms with van der Waals surface area (Å²) in [5.41, 5.74) is 0. The summed E-state index contributed by atoms with van der Waals surface area (Å²) in [5.74, 6) is -36.3. The Bertz CT molecular complexity index is 453. The van der Waals surface area contributed by atoms with Gasteiger partial charge in [0.25, 0.3) is 0 Å². The molecule has 0 saturated carbocycles. The standard InChI is InChI=1S/C11H10F13I/c1-2-3-5(25)4-6(12,13)7(14,15)8(16,17)9(18,19)10(20,21)11(22,23)24/h5H,2-4H2,1H3. The Labute approximate surface area is 146 Å². The van der Waals surface area contributed by atoms with Crippen LogP contribution in [0, 0.1) is 0 Å². The van der Waals surface area contributed by atoms with E-state index in [1.54, 1.807) is 0 Å². The van der Waals surface area contributed by atoms with E-state index in [4.69, 9.17) is 0 Å². The smallest absolute Gasteiger partial charge is 0.200 e. The maximum atomic E-state index is 13.4. The molecule has 0 bridgehead atoms. The quantitative estimate of drug-likeness (QED) is 0.191. The van der Waals surface area contributed by atoms with Crippen LogP contribution in [0.1, 0.15) is 26.2 Å². The number of halogens is 14. The van der Waals surface area contributed by atoms with Crippen molar-refractivity contribution in [2.45, 2.75) is 65.9 Å². The minimum absolute atomic E-state index is 0.105. The lowest BCUT2D eigenvalue weighted by Crippen LogP contribution is -2.70. The Hall–Kier alpha value is -0.180. The first-order chi connectivity index (χ1) is 10.7. The van der Waals surface area contributed by atoms with Gasteiger partial charge in [-0.3, -0.25) is 0 Å². The molecule has 0 heterocycles. The molecular weight excluding hydrogens is 506 g/mol. The predicted octanol–water partition coefficient (Wildman–Crippen LogP) is 6.72. The van der Waals surface area contributed by atoms with E-state index in [-0.39, 0.29) is 12.8 Å². The number of alkyl halides is 14. The van der Waals surface area contributed by atoms with E-state index in [9.17, 15) is 57.1 Å². The molecule has 25 heavy (non-hydrogen) atoms. The van der Waals surface area contributed by atoms with Crippen LogP contribution < -0.4 is 0 Å². The summed E-state index contributed by atoms with van der Waals surface area (Å²) in [7, 11) is 0. The third-order valence-electron chi connectivity index (χ3n) is 3.08. The molecule has 0 amide bonds. The zero-order valence-corrected chi connectivity index (χ0v) is 14.1. The lowest BCUT2D eigenvalue weighted by molar-refractivity contribution is -0.440. The summed E-state index contributed by atoms with van der Waals surface area (Å²) in [6.07, 6.45) is -9.64. The average Bonchev–Trinajstić information content (AvgIpc) is 2.35. The van der Waals surface area contributed by atoms with Gasteiger partial charge in [0.05, 0.1) is 0 Å². The third-order valence-corrected chi connectivity index (χ3v) is 4.14. The molecule has 0 fully saturated rings. The van der Waals surface area contributed by atoms with Gasteiger partial charge in [-0.15, -0.1) is 0 Å². The van der Waals surface area contributed by atoms with Crippen LogP contribution in [0.15, 0.2) is 0 Å². The van der Waals surface area contributed by atoms with Crippen LogP contribution in [0.25, 0.3) is 0 Å². The van der Waals surface area contributed by atoms with Crippen LogP contribution in [0.2, 0.25) is 0 Å². The van der Waals surface area contributed by atoms with Crippen LogP contribution in [0.4, 0.5) is 57.1 Å². The molecule has 0 aliphatic rings. The van der Waals surface area contributed by atoms with Gasteiger partial charge in [-0.2, -0.15) is 57.1 Å². The van der Waals surface area contributed by atoms with E-state index >= 15 is 0 Å². The Kier molecular flexibility index (Phi) is 7.04. The van der Waals surface area contributed by atoms with Crippen LogP contribution in [0.5, 0.6) is 0 Å². The summed E-state index contributed by atoms with van der Waals surface area (Å²) in [4.78, 5) is 0. The second kappa shape index (κ2) is 7.09. The molecule has 1 atom stereocenters. The molecule has 0 aliphatic heterocycles. The van der Waals surface area contributed by atoms with Gasteiger partial charge >= 0.3 is 35.8 Å². The van der Waals surface area contributed by atoms with Crippen LogP contribution in [0.3, 0.4) is 0 Å². The van der Waals surface area contributed by atoms with Gasteiger partial charge in [-0.1, -0.05) is 35.9 Å². The molecule has 0 rings (SSSR count).